The molecule has 108 valence electrons. The van der Waals surface area contributed by atoms with Gasteiger partial charge in [-0.25, -0.2) is 4.98 Å². The van der Waals surface area contributed by atoms with Crippen LogP contribution < -0.4 is 15.4 Å². The molecule has 0 spiro atoms. The highest BCUT2D eigenvalue weighted by Gasteiger charge is 2.03. The second kappa shape index (κ2) is 10.8. The van der Waals surface area contributed by atoms with Crippen LogP contribution in [0.15, 0.2) is 23.3 Å². The molecule has 5 nitrogen and oxygen atoms in total. The van der Waals surface area contributed by atoms with Crippen molar-refractivity contribution in [1.29, 1.82) is 0 Å². The van der Waals surface area contributed by atoms with Gasteiger partial charge in [-0.2, -0.15) is 0 Å². The highest BCUT2D eigenvalue weighted by molar-refractivity contribution is 14.0. The molecule has 6 heteroatoms. The van der Waals surface area contributed by atoms with E-state index in [1.807, 2.05) is 12.1 Å². The second-order valence-corrected chi connectivity index (χ2v) is 3.88. The van der Waals surface area contributed by atoms with Gasteiger partial charge in [-0.05, 0) is 12.5 Å². The lowest BCUT2D eigenvalue weighted by Gasteiger charge is -2.12. The number of ether oxygens (including phenoxy) is 1. The van der Waals surface area contributed by atoms with E-state index in [0.717, 1.165) is 24.5 Å². The normalized spacial score (nSPS) is 10.6. The molecule has 0 saturated heterocycles. The Bertz CT molecular complexity index is 385. The number of hydrogen-bond donors (Lipinski definition) is 2. The molecule has 0 aromatic carbocycles. The van der Waals surface area contributed by atoms with Crippen LogP contribution in [0.2, 0.25) is 0 Å². The number of unbranched alkanes of at least 4 members (excludes halogenated alkanes) is 1. The lowest BCUT2D eigenvalue weighted by molar-refractivity contribution is 0.392. The van der Waals surface area contributed by atoms with Crippen molar-refractivity contribution in [2.24, 2.45) is 4.99 Å². The van der Waals surface area contributed by atoms with Crippen molar-refractivity contribution < 1.29 is 4.74 Å². The highest BCUT2D eigenvalue weighted by Crippen LogP contribution is 2.12. The molecule has 0 aliphatic carbocycles. The summed E-state index contributed by atoms with van der Waals surface area (Å²) in [6.07, 6.45) is 4.02. The van der Waals surface area contributed by atoms with E-state index in [0.29, 0.717) is 12.4 Å². The number of halogens is 1. The van der Waals surface area contributed by atoms with Crippen LogP contribution in [0.25, 0.3) is 0 Å². The Labute approximate surface area is 132 Å². The van der Waals surface area contributed by atoms with Crippen molar-refractivity contribution in [2.45, 2.75) is 26.3 Å². The van der Waals surface area contributed by atoms with Gasteiger partial charge in [0.05, 0.1) is 7.11 Å². The van der Waals surface area contributed by atoms with Gasteiger partial charge in [0.15, 0.2) is 5.96 Å². The third-order valence-corrected chi connectivity index (χ3v) is 2.54. The molecule has 19 heavy (non-hydrogen) atoms. The number of guanidine groups is 1. The maximum Gasteiger partial charge on any atom is 0.218 e. The Morgan fingerprint density at radius 3 is 2.84 bits per heavy atom. The van der Waals surface area contributed by atoms with E-state index in [1.165, 1.54) is 6.42 Å². The maximum absolute atomic E-state index is 5.20. The van der Waals surface area contributed by atoms with Crippen LogP contribution in [0.3, 0.4) is 0 Å². The number of methoxy groups -OCH3 is 1. The SMILES string of the molecule is CCCCNC(=NC)NCc1cccnc1OC.I. The molecule has 0 aliphatic rings. The molecule has 0 fully saturated rings. The largest absolute Gasteiger partial charge is 0.481 e. The van der Waals surface area contributed by atoms with E-state index < -0.39 is 0 Å². The molecule has 0 amide bonds. The van der Waals surface area contributed by atoms with E-state index in [2.05, 4.69) is 27.5 Å². The molecule has 0 radical (unpaired) electrons. The molecule has 0 bridgehead atoms. The van der Waals surface area contributed by atoms with Crippen LogP contribution in [0.4, 0.5) is 0 Å². The summed E-state index contributed by atoms with van der Waals surface area (Å²) in [5.74, 6) is 1.45. The summed E-state index contributed by atoms with van der Waals surface area (Å²) in [4.78, 5) is 8.32. The average molecular weight is 378 g/mol. The third kappa shape index (κ3) is 6.60. The first-order valence-corrected chi connectivity index (χ1v) is 6.24. The van der Waals surface area contributed by atoms with Crippen molar-refractivity contribution in [1.82, 2.24) is 15.6 Å². The number of aliphatic imine (C=N–C) groups is 1. The molecule has 1 rings (SSSR count). The summed E-state index contributed by atoms with van der Waals surface area (Å²) in [5.41, 5.74) is 1.01. The molecular formula is C13H23IN4O. The lowest BCUT2D eigenvalue weighted by atomic mass is 10.2. The fourth-order valence-corrected chi connectivity index (χ4v) is 1.53. The summed E-state index contributed by atoms with van der Waals surface area (Å²) in [5, 5.41) is 6.49. The van der Waals surface area contributed by atoms with Crippen molar-refractivity contribution in [3.63, 3.8) is 0 Å². The van der Waals surface area contributed by atoms with Crippen LogP contribution in [0.5, 0.6) is 5.88 Å². The minimum absolute atomic E-state index is 0. The maximum atomic E-state index is 5.20. The van der Waals surface area contributed by atoms with E-state index in [4.69, 9.17) is 4.74 Å². The van der Waals surface area contributed by atoms with Crippen molar-refractivity contribution in [3.8, 4) is 5.88 Å². The van der Waals surface area contributed by atoms with Gasteiger partial charge in [0.1, 0.15) is 0 Å². The van der Waals surface area contributed by atoms with Gasteiger partial charge in [-0.1, -0.05) is 19.4 Å². The summed E-state index contributed by atoms with van der Waals surface area (Å²) < 4.78 is 5.20. The Hall–Kier alpha value is -1.05. The van der Waals surface area contributed by atoms with Crippen LogP contribution in [0.1, 0.15) is 25.3 Å². The summed E-state index contributed by atoms with van der Waals surface area (Å²) in [6.45, 7) is 3.74. The first-order valence-electron chi connectivity index (χ1n) is 6.24. The first-order chi connectivity index (χ1) is 8.81. The molecule has 0 aliphatic heterocycles. The van der Waals surface area contributed by atoms with Crippen molar-refractivity contribution >= 4 is 29.9 Å². The van der Waals surface area contributed by atoms with Gasteiger partial charge in [-0.15, -0.1) is 24.0 Å². The number of nitrogens with zero attached hydrogens (tertiary/aromatic N) is 2. The summed E-state index contributed by atoms with van der Waals surface area (Å²) in [7, 11) is 3.39. The van der Waals surface area contributed by atoms with Crippen molar-refractivity contribution in [2.75, 3.05) is 20.7 Å². The van der Waals surface area contributed by atoms with Crippen LogP contribution in [-0.2, 0) is 6.54 Å². The van der Waals surface area contributed by atoms with Gasteiger partial charge >= 0.3 is 0 Å². The fraction of sp³-hybridized carbons (Fsp3) is 0.538. The van der Waals surface area contributed by atoms with Crippen LogP contribution in [-0.4, -0.2) is 31.6 Å². The molecular weight excluding hydrogens is 355 g/mol. The summed E-state index contributed by atoms with van der Waals surface area (Å²) >= 11 is 0. The van der Waals surface area contributed by atoms with E-state index in [-0.39, 0.29) is 24.0 Å². The molecule has 1 aromatic heterocycles. The fourth-order valence-electron chi connectivity index (χ4n) is 1.53. The van der Waals surface area contributed by atoms with Gasteiger partial charge in [-0.3, -0.25) is 4.99 Å². The Morgan fingerprint density at radius 1 is 1.42 bits per heavy atom. The molecule has 1 aromatic rings. The Kier molecular flexibility index (Phi) is 10.2. The highest BCUT2D eigenvalue weighted by atomic mass is 127. The topological polar surface area (TPSA) is 58.5 Å². The molecule has 0 saturated carbocycles. The van der Waals surface area contributed by atoms with Crippen LogP contribution in [0, 0.1) is 0 Å². The molecule has 1 heterocycles. The Balaban J connectivity index is 0.00000324. The third-order valence-electron chi connectivity index (χ3n) is 2.54. The average Bonchev–Trinajstić information content (AvgIpc) is 2.43. The first kappa shape index (κ1) is 17.9. The predicted molar refractivity (Wildman–Crippen MR) is 89.3 cm³/mol. The van der Waals surface area contributed by atoms with E-state index >= 15 is 0 Å². The van der Waals surface area contributed by atoms with E-state index in [1.54, 1.807) is 20.4 Å². The smallest absolute Gasteiger partial charge is 0.218 e. The predicted octanol–water partition coefficient (Wildman–Crippen LogP) is 2.17. The number of hydrogen-bond acceptors (Lipinski definition) is 3. The zero-order valence-electron chi connectivity index (χ0n) is 11.8. The monoisotopic (exact) mass is 378 g/mol. The zero-order chi connectivity index (χ0) is 13.2. The minimum atomic E-state index is 0. The Morgan fingerprint density at radius 2 is 2.21 bits per heavy atom. The quantitative estimate of drug-likeness (QED) is 0.345. The second-order valence-electron chi connectivity index (χ2n) is 3.88. The zero-order valence-corrected chi connectivity index (χ0v) is 14.1. The lowest BCUT2D eigenvalue weighted by Crippen LogP contribution is -2.37. The number of pyridine rings is 1. The van der Waals surface area contributed by atoms with Gasteiger partial charge in [0.25, 0.3) is 0 Å². The van der Waals surface area contributed by atoms with Gasteiger partial charge in [0.2, 0.25) is 5.88 Å². The number of rotatable bonds is 6. The number of nitrogens with one attached hydrogen (secondary N) is 2. The number of aromatic nitrogens is 1. The molecule has 0 atom stereocenters. The molecule has 0 unspecified atom stereocenters. The van der Waals surface area contributed by atoms with E-state index in [9.17, 15) is 0 Å². The van der Waals surface area contributed by atoms with Crippen molar-refractivity contribution in [3.05, 3.63) is 23.9 Å². The van der Waals surface area contributed by atoms with Gasteiger partial charge in [0, 0.05) is 31.9 Å². The molecule has 2 N–H and O–H groups in total. The standard InChI is InChI=1S/C13H22N4O.HI/c1-4-5-8-16-13(14-2)17-10-11-7-6-9-15-12(11)18-3;/h6-7,9H,4-5,8,10H2,1-3H3,(H2,14,16,17);1H. The van der Waals surface area contributed by atoms with Crippen LogP contribution >= 0.6 is 24.0 Å². The van der Waals surface area contributed by atoms with Gasteiger partial charge < -0.3 is 15.4 Å². The minimum Gasteiger partial charge on any atom is -0.481 e. The summed E-state index contributed by atoms with van der Waals surface area (Å²) in [6, 6.07) is 3.88.